The van der Waals surface area contributed by atoms with Gasteiger partial charge in [0.25, 0.3) is 5.91 Å². The van der Waals surface area contributed by atoms with Crippen molar-refractivity contribution < 1.29 is 9.18 Å². The molecule has 0 unspecified atom stereocenters. The molecule has 0 aliphatic rings. The van der Waals surface area contributed by atoms with Gasteiger partial charge in [0.2, 0.25) is 0 Å². The number of hydrogen-bond donors (Lipinski definition) is 0. The first-order chi connectivity index (χ1) is 10.1. The highest BCUT2D eigenvalue weighted by Crippen LogP contribution is 2.21. The summed E-state index contributed by atoms with van der Waals surface area (Å²) in [5.41, 5.74) is 1.29. The maximum Gasteiger partial charge on any atom is 0.270 e. The maximum absolute atomic E-state index is 13.3. The fraction of sp³-hybridized carbons (Fsp3) is 0.188. The SMILES string of the molecule is CN(Cc1cccs1)C(=O)c1cc2ccc(F)cc2n1C. The Hall–Kier alpha value is -2.14. The van der Waals surface area contributed by atoms with Gasteiger partial charge < -0.3 is 9.47 Å². The number of benzene rings is 1. The molecule has 1 aromatic carbocycles. The molecule has 3 nitrogen and oxygen atoms in total. The summed E-state index contributed by atoms with van der Waals surface area (Å²) < 4.78 is 15.1. The van der Waals surface area contributed by atoms with Crippen LogP contribution in [0.3, 0.4) is 0 Å². The predicted octanol–water partition coefficient (Wildman–Crippen LogP) is 3.65. The zero-order chi connectivity index (χ0) is 15.0. The molecule has 2 aromatic heterocycles. The normalized spacial score (nSPS) is 11.0. The van der Waals surface area contributed by atoms with Crippen LogP contribution in [0.5, 0.6) is 0 Å². The van der Waals surface area contributed by atoms with Gasteiger partial charge in [0.15, 0.2) is 0 Å². The van der Waals surface area contributed by atoms with E-state index < -0.39 is 0 Å². The number of rotatable bonds is 3. The lowest BCUT2D eigenvalue weighted by Crippen LogP contribution is -2.27. The van der Waals surface area contributed by atoms with Gasteiger partial charge in [-0.2, -0.15) is 0 Å². The lowest BCUT2D eigenvalue weighted by atomic mass is 10.2. The standard InChI is InChI=1S/C16H15FN2OS/c1-18(10-13-4-3-7-21-13)16(20)15-8-11-5-6-12(17)9-14(11)19(15)2/h3-9H,10H2,1-2H3. The van der Waals surface area contributed by atoms with E-state index in [4.69, 9.17) is 0 Å². The van der Waals surface area contributed by atoms with Crippen LogP contribution in [0.25, 0.3) is 10.9 Å². The summed E-state index contributed by atoms with van der Waals surface area (Å²) >= 11 is 1.62. The highest BCUT2D eigenvalue weighted by atomic mass is 32.1. The molecular weight excluding hydrogens is 287 g/mol. The quantitative estimate of drug-likeness (QED) is 0.725. The van der Waals surface area contributed by atoms with Crippen LogP contribution in [-0.4, -0.2) is 22.4 Å². The monoisotopic (exact) mass is 302 g/mol. The molecule has 0 aliphatic heterocycles. The molecule has 0 fully saturated rings. The molecule has 0 saturated heterocycles. The molecule has 3 rings (SSSR count). The molecule has 0 radical (unpaired) electrons. The van der Waals surface area contributed by atoms with Gasteiger partial charge in [-0.25, -0.2) is 4.39 Å². The Labute approximate surface area is 126 Å². The van der Waals surface area contributed by atoms with Crippen LogP contribution in [0, 0.1) is 5.82 Å². The van der Waals surface area contributed by atoms with E-state index in [0.29, 0.717) is 12.2 Å². The second-order valence-electron chi connectivity index (χ2n) is 5.03. The van der Waals surface area contributed by atoms with Gasteiger partial charge in [-0.3, -0.25) is 4.79 Å². The van der Waals surface area contributed by atoms with E-state index in [1.807, 2.05) is 23.6 Å². The minimum absolute atomic E-state index is 0.0671. The third kappa shape index (κ3) is 2.56. The minimum Gasteiger partial charge on any atom is -0.340 e. The average molecular weight is 302 g/mol. The molecule has 3 aromatic rings. The number of hydrogen-bond acceptors (Lipinski definition) is 2. The van der Waals surface area contributed by atoms with Crippen LogP contribution in [0.1, 0.15) is 15.4 Å². The number of carbonyl (C=O) groups is 1. The fourth-order valence-corrected chi connectivity index (χ4v) is 3.17. The van der Waals surface area contributed by atoms with E-state index in [-0.39, 0.29) is 11.7 Å². The lowest BCUT2D eigenvalue weighted by Gasteiger charge is -2.16. The van der Waals surface area contributed by atoms with Gasteiger partial charge in [0.05, 0.1) is 12.1 Å². The largest absolute Gasteiger partial charge is 0.340 e. The minimum atomic E-state index is -0.297. The van der Waals surface area contributed by atoms with Crippen LogP contribution in [0.2, 0.25) is 0 Å². The Morgan fingerprint density at radius 1 is 1.33 bits per heavy atom. The molecule has 0 N–H and O–H groups in total. The average Bonchev–Trinajstić information content (AvgIpc) is 3.07. The molecule has 0 bridgehead atoms. The smallest absolute Gasteiger partial charge is 0.270 e. The Kier molecular flexibility index (Phi) is 3.51. The van der Waals surface area contributed by atoms with Crippen LogP contribution in [-0.2, 0) is 13.6 Å². The van der Waals surface area contributed by atoms with Crippen molar-refractivity contribution >= 4 is 28.1 Å². The zero-order valence-electron chi connectivity index (χ0n) is 11.8. The van der Waals surface area contributed by atoms with E-state index in [1.165, 1.54) is 12.1 Å². The van der Waals surface area contributed by atoms with Gasteiger partial charge in [-0.05, 0) is 35.7 Å². The second-order valence-corrected chi connectivity index (χ2v) is 6.06. The zero-order valence-corrected chi connectivity index (χ0v) is 12.7. The third-order valence-electron chi connectivity index (χ3n) is 3.55. The van der Waals surface area contributed by atoms with Crippen LogP contribution in [0.15, 0.2) is 41.8 Å². The van der Waals surface area contributed by atoms with Crippen LogP contribution >= 0.6 is 11.3 Å². The summed E-state index contributed by atoms with van der Waals surface area (Å²) in [7, 11) is 3.56. The molecule has 0 aliphatic carbocycles. The molecule has 0 saturated carbocycles. The lowest BCUT2D eigenvalue weighted by molar-refractivity contribution is 0.0777. The van der Waals surface area contributed by atoms with Crippen molar-refractivity contribution in [2.24, 2.45) is 7.05 Å². The maximum atomic E-state index is 13.3. The van der Waals surface area contributed by atoms with Crippen molar-refractivity contribution in [1.82, 2.24) is 9.47 Å². The molecule has 2 heterocycles. The summed E-state index contributed by atoms with van der Waals surface area (Å²) in [6.45, 7) is 0.576. The van der Waals surface area contributed by atoms with E-state index in [0.717, 1.165) is 15.8 Å². The summed E-state index contributed by atoms with van der Waals surface area (Å²) in [5, 5.41) is 2.86. The molecule has 5 heteroatoms. The van der Waals surface area contributed by atoms with Gasteiger partial charge in [0.1, 0.15) is 11.5 Å². The first-order valence-corrected chi connectivity index (χ1v) is 7.47. The molecule has 21 heavy (non-hydrogen) atoms. The first-order valence-electron chi connectivity index (χ1n) is 6.59. The Morgan fingerprint density at radius 2 is 2.14 bits per heavy atom. The molecule has 0 atom stereocenters. The number of carbonyl (C=O) groups excluding carboxylic acids is 1. The fourth-order valence-electron chi connectivity index (χ4n) is 2.41. The van der Waals surface area contributed by atoms with E-state index in [2.05, 4.69) is 0 Å². The number of amides is 1. The highest BCUT2D eigenvalue weighted by Gasteiger charge is 2.18. The van der Waals surface area contributed by atoms with E-state index in [9.17, 15) is 9.18 Å². The van der Waals surface area contributed by atoms with E-state index >= 15 is 0 Å². The summed E-state index contributed by atoms with van der Waals surface area (Å²) in [5.74, 6) is -0.364. The molecule has 1 amide bonds. The van der Waals surface area contributed by atoms with Crippen molar-refractivity contribution in [2.75, 3.05) is 7.05 Å². The van der Waals surface area contributed by atoms with Crippen molar-refractivity contribution in [3.05, 3.63) is 58.2 Å². The van der Waals surface area contributed by atoms with Crippen molar-refractivity contribution in [2.45, 2.75) is 6.54 Å². The third-order valence-corrected chi connectivity index (χ3v) is 4.41. The van der Waals surface area contributed by atoms with Crippen LogP contribution < -0.4 is 0 Å². The number of thiophene rings is 1. The second kappa shape index (κ2) is 5.33. The molecule has 108 valence electrons. The van der Waals surface area contributed by atoms with Crippen LogP contribution in [0.4, 0.5) is 4.39 Å². The Morgan fingerprint density at radius 3 is 2.86 bits per heavy atom. The van der Waals surface area contributed by atoms with Crippen molar-refractivity contribution in [1.29, 1.82) is 0 Å². The van der Waals surface area contributed by atoms with Gasteiger partial charge in [-0.15, -0.1) is 11.3 Å². The van der Waals surface area contributed by atoms with Gasteiger partial charge in [-0.1, -0.05) is 6.07 Å². The van der Waals surface area contributed by atoms with Gasteiger partial charge in [0, 0.05) is 24.4 Å². The summed E-state index contributed by atoms with van der Waals surface area (Å²) in [4.78, 5) is 15.4. The van der Waals surface area contributed by atoms with E-state index in [1.54, 1.807) is 41.0 Å². The molecule has 0 spiro atoms. The van der Waals surface area contributed by atoms with Crippen molar-refractivity contribution in [3.8, 4) is 0 Å². The number of aromatic nitrogens is 1. The number of fused-ring (bicyclic) bond motifs is 1. The number of nitrogens with zero attached hydrogens (tertiary/aromatic N) is 2. The number of halogens is 1. The van der Waals surface area contributed by atoms with Crippen molar-refractivity contribution in [3.63, 3.8) is 0 Å². The predicted molar refractivity (Wildman–Crippen MR) is 83.0 cm³/mol. The van der Waals surface area contributed by atoms with Gasteiger partial charge >= 0.3 is 0 Å². The highest BCUT2D eigenvalue weighted by molar-refractivity contribution is 7.09. The summed E-state index contributed by atoms with van der Waals surface area (Å²) in [6.07, 6.45) is 0. The topological polar surface area (TPSA) is 25.2 Å². The number of aryl methyl sites for hydroxylation is 1. The Balaban J connectivity index is 1.92. The summed E-state index contributed by atoms with van der Waals surface area (Å²) in [6, 6.07) is 10.3. The molecular formula is C16H15FN2OS. The first kappa shape index (κ1) is 13.8. The Bertz CT molecular complexity index is 792.